The summed E-state index contributed by atoms with van der Waals surface area (Å²) in [6.45, 7) is 5.24. The fourth-order valence-corrected chi connectivity index (χ4v) is 5.58. The Hall–Kier alpha value is -4.12. The zero-order valence-electron chi connectivity index (χ0n) is 24.0. The molecule has 0 fully saturated rings. The van der Waals surface area contributed by atoms with Crippen molar-refractivity contribution in [3.05, 3.63) is 89.7 Å². The average molecular weight is 598 g/mol. The van der Waals surface area contributed by atoms with Crippen LogP contribution in [0.25, 0.3) is 0 Å². The van der Waals surface area contributed by atoms with E-state index in [9.17, 15) is 22.4 Å². The van der Waals surface area contributed by atoms with Gasteiger partial charge in [-0.2, -0.15) is 0 Å². The van der Waals surface area contributed by atoms with Crippen LogP contribution in [0.15, 0.2) is 72.8 Å². The van der Waals surface area contributed by atoms with Gasteiger partial charge in [0.15, 0.2) is 11.5 Å². The summed E-state index contributed by atoms with van der Waals surface area (Å²) in [6.07, 6.45) is 0.197. The van der Waals surface area contributed by atoms with Gasteiger partial charge in [-0.1, -0.05) is 56.3 Å². The highest BCUT2D eigenvalue weighted by atomic mass is 32.2. The van der Waals surface area contributed by atoms with Crippen molar-refractivity contribution in [1.82, 2.24) is 10.2 Å². The number of hydrogen-bond acceptors (Lipinski definition) is 6. The second kappa shape index (κ2) is 13.7. The molecule has 1 atom stereocenters. The number of carbonyl (C=O) groups excluding carboxylic acids is 2. The maximum Gasteiger partial charge on any atom is 0.244 e. The average Bonchev–Trinajstić information content (AvgIpc) is 3.46. The number of fused-ring (bicyclic) bond motifs is 1. The highest BCUT2D eigenvalue weighted by molar-refractivity contribution is 7.92. The predicted octanol–water partition coefficient (Wildman–Crippen LogP) is 4.12. The zero-order valence-corrected chi connectivity index (χ0v) is 24.8. The molecular formula is C31H36FN3O6S. The minimum absolute atomic E-state index is 0.0103. The van der Waals surface area contributed by atoms with Crippen molar-refractivity contribution in [3.63, 3.8) is 0 Å². The summed E-state index contributed by atoms with van der Waals surface area (Å²) in [6, 6.07) is 18.6. The van der Waals surface area contributed by atoms with Gasteiger partial charge in [0.1, 0.15) is 18.4 Å². The van der Waals surface area contributed by atoms with Gasteiger partial charge < -0.3 is 19.7 Å². The Morgan fingerprint density at radius 1 is 0.952 bits per heavy atom. The van der Waals surface area contributed by atoms with Crippen molar-refractivity contribution in [2.45, 2.75) is 39.8 Å². The molecule has 0 aliphatic carbocycles. The van der Waals surface area contributed by atoms with Crippen LogP contribution >= 0.6 is 0 Å². The van der Waals surface area contributed by atoms with Gasteiger partial charge in [0.25, 0.3) is 0 Å². The SMILES string of the molecule is CCS(=O)(=O)N(CC(=O)N(Cc1ccc(F)cc1)[C@@H](Cc1ccccc1)C(=O)NCC(C)C)c1ccc2c(c1)OCO2. The van der Waals surface area contributed by atoms with E-state index in [1.165, 1.54) is 30.0 Å². The molecule has 0 saturated heterocycles. The van der Waals surface area contributed by atoms with E-state index in [0.717, 1.165) is 9.87 Å². The number of sulfonamides is 1. The lowest BCUT2D eigenvalue weighted by atomic mass is 10.0. The lowest BCUT2D eigenvalue weighted by molar-refractivity contribution is -0.140. The first kappa shape index (κ1) is 30.8. The lowest BCUT2D eigenvalue weighted by Gasteiger charge is -2.34. The minimum atomic E-state index is -3.92. The molecule has 4 rings (SSSR count). The minimum Gasteiger partial charge on any atom is -0.454 e. The van der Waals surface area contributed by atoms with Crippen molar-refractivity contribution >= 4 is 27.5 Å². The number of nitrogens with one attached hydrogen (secondary N) is 1. The number of nitrogens with zero attached hydrogens (tertiary/aromatic N) is 2. The molecule has 1 aliphatic heterocycles. The van der Waals surface area contributed by atoms with Gasteiger partial charge >= 0.3 is 0 Å². The molecule has 3 aromatic carbocycles. The van der Waals surface area contributed by atoms with Crippen LogP contribution in [0.3, 0.4) is 0 Å². The van der Waals surface area contributed by atoms with Crippen LogP contribution in [-0.4, -0.2) is 56.8 Å². The summed E-state index contributed by atoms with van der Waals surface area (Å²) >= 11 is 0. The number of anilines is 1. The first-order valence-electron chi connectivity index (χ1n) is 13.8. The number of benzene rings is 3. The molecule has 1 N–H and O–H groups in total. The molecule has 0 saturated carbocycles. The molecule has 0 aromatic heterocycles. The molecule has 1 heterocycles. The first-order valence-corrected chi connectivity index (χ1v) is 15.4. The van der Waals surface area contributed by atoms with Crippen LogP contribution in [0.1, 0.15) is 31.9 Å². The van der Waals surface area contributed by atoms with E-state index < -0.39 is 34.3 Å². The van der Waals surface area contributed by atoms with E-state index in [-0.39, 0.29) is 43.0 Å². The molecule has 3 aromatic rings. The second-order valence-electron chi connectivity index (χ2n) is 10.4. The van der Waals surface area contributed by atoms with E-state index in [1.807, 2.05) is 44.2 Å². The van der Waals surface area contributed by atoms with E-state index in [4.69, 9.17) is 9.47 Å². The van der Waals surface area contributed by atoms with Crippen LogP contribution in [0.5, 0.6) is 11.5 Å². The van der Waals surface area contributed by atoms with Crippen LogP contribution in [0.2, 0.25) is 0 Å². The maximum atomic E-state index is 14.2. The third-order valence-corrected chi connectivity index (χ3v) is 8.59. The molecule has 224 valence electrons. The maximum absolute atomic E-state index is 14.2. The van der Waals surface area contributed by atoms with Crippen LogP contribution < -0.4 is 19.1 Å². The Morgan fingerprint density at radius 3 is 2.31 bits per heavy atom. The van der Waals surface area contributed by atoms with Gasteiger partial charge in [0, 0.05) is 25.6 Å². The van der Waals surface area contributed by atoms with Crippen molar-refractivity contribution in [2.75, 3.05) is 29.9 Å². The monoisotopic (exact) mass is 597 g/mol. The van der Waals surface area contributed by atoms with Crippen molar-refractivity contribution in [2.24, 2.45) is 5.92 Å². The van der Waals surface area contributed by atoms with Gasteiger partial charge in [0.05, 0.1) is 11.4 Å². The summed E-state index contributed by atoms with van der Waals surface area (Å²) in [4.78, 5) is 29.2. The quantitative estimate of drug-likeness (QED) is 0.318. The number of hydrogen-bond donors (Lipinski definition) is 1. The number of ether oxygens (including phenoxy) is 2. The highest BCUT2D eigenvalue weighted by Crippen LogP contribution is 2.36. The fourth-order valence-electron chi connectivity index (χ4n) is 4.52. The number of amides is 2. The zero-order chi connectivity index (χ0) is 30.3. The van der Waals surface area contributed by atoms with Gasteiger partial charge in [-0.15, -0.1) is 0 Å². The lowest BCUT2D eigenvalue weighted by Crippen LogP contribution is -2.53. The predicted molar refractivity (Wildman–Crippen MR) is 158 cm³/mol. The summed E-state index contributed by atoms with van der Waals surface area (Å²) in [7, 11) is -3.92. The van der Waals surface area contributed by atoms with E-state index in [2.05, 4.69) is 5.32 Å². The van der Waals surface area contributed by atoms with Crippen LogP contribution in [-0.2, 0) is 32.6 Å². The Balaban J connectivity index is 1.73. The molecule has 42 heavy (non-hydrogen) atoms. The topological polar surface area (TPSA) is 105 Å². The molecule has 2 amide bonds. The third-order valence-electron chi connectivity index (χ3n) is 6.85. The molecule has 0 spiro atoms. The molecule has 0 radical (unpaired) electrons. The van der Waals surface area contributed by atoms with Gasteiger partial charge in [-0.05, 0) is 48.2 Å². The van der Waals surface area contributed by atoms with E-state index >= 15 is 0 Å². The highest BCUT2D eigenvalue weighted by Gasteiger charge is 2.34. The summed E-state index contributed by atoms with van der Waals surface area (Å²) in [5.41, 5.74) is 1.65. The van der Waals surface area contributed by atoms with Gasteiger partial charge in [0.2, 0.25) is 28.6 Å². The number of carbonyl (C=O) groups is 2. The molecule has 11 heteroatoms. The normalized spacial score (nSPS) is 13.1. The smallest absolute Gasteiger partial charge is 0.244 e. The van der Waals surface area contributed by atoms with Crippen LogP contribution in [0.4, 0.5) is 10.1 Å². The van der Waals surface area contributed by atoms with Crippen molar-refractivity contribution in [1.29, 1.82) is 0 Å². The molecule has 9 nitrogen and oxygen atoms in total. The summed E-state index contributed by atoms with van der Waals surface area (Å²) < 4.78 is 52.1. The Morgan fingerprint density at radius 2 is 1.64 bits per heavy atom. The van der Waals surface area contributed by atoms with Gasteiger partial charge in [-0.3, -0.25) is 13.9 Å². The van der Waals surface area contributed by atoms with Crippen LogP contribution in [0, 0.1) is 11.7 Å². The number of halogens is 1. The molecule has 0 unspecified atom stereocenters. The van der Waals surface area contributed by atoms with Crippen molar-refractivity contribution < 1.29 is 31.9 Å². The Kier molecular flexibility index (Phi) is 10.1. The van der Waals surface area contributed by atoms with Gasteiger partial charge in [-0.25, -0.2) is 12.8 Å². The standard InChI is InChI=1S/C31H36FN3O6S/c1-4-42(38,39)35(26-14-15-28-29(17-26)41-21-40-28)20-30(36)34(19-24-10-12-25(32)13-11-24)27(31(37)33-18-22(2)3)16-23-8-6-5-7-9-23/h5-15,17,22,27H,4,16,18-21H2,1-3H3,(H,33,37)/t27-/m0/s1. The summed E-state index contributed by atoms with van der Waals surface area (Å²) in [5, 5.41) is 2.93. The largest absolute Gasteiger partial charge is 0.454 e. The first-order chi connectivity index (χ1) is 20.1. The Labute approximate surface area is 246 Å². The molecule has 0 bridgehead atoms. The van der Waals surface area contributed by atoms with E-state index in [1.54, 1.807) is 24.3 Å². The second-order valence-corrected chi connectivity index (χ2v) is 12.6. The summed E-state index contributed by atoms with van der Waals surface area (Å²) in [5.74, 6) is -0.629. The number of rotatable bonds is 13. The third kappa shape index (κ3) is 7.79. The Bertz CT molecular complexity index is 1480. The van der Waals surface area contributed by atoms with E-state index in [0.29, 0.717) is 23.6 Å². The van der Waals surface area contributed by atoms with Crippen molar-refractivity contribution in [3.8, 4) is 11.5 Å². The molecule has 1 aliphatic rings. The molecular weight excluding hydrogens is 561 g/mol. The fraction of sp³-hybridized carbons (Fsp3) is 0.355.